The maximum Gasteiger partial charge on any atom is 0.222 e. The monoisotopic (exact) mass is 352 g/mol. The summed E-state index contributed by atoms with van der Waals surface area (Å²) in [6, 6.07) is 6.83. The van der Waals surface area contributed by atoms with Crippen molar-refractivity contribution in [2.75, 3.05) is 39.3 Å². The van der Waals surface area contributed by atoms with E-state index >= 15 is 0 Å². The van der Waals surface area contributed by atoms with Crippen LogP contribution < -0.4 is 16.0 Å². The van der Waals surface area contributed by atoms with Gasteiger partial charge in [-0.1, -0.05) is 23.7 Å². The summed E-state index contributed by atoms with van der Waals surface area (Å²) in [5.74, 6) is -0.234. The lowest BCUT2D eigenvalue weighted by Gasteiger charge is -2.27. The number of rotatable bonds is 7. The molecule has 1 atom stereocenters. The van der Waals surface area contributed by atoms with E-state index in [-0.39, 0.29) is 24.3 Å². The quantitative estimate of drug-likeness (QED) is 0.682. The van der Waals surface area contributed by atoms with E-state index < -0.39 is 0 Å². The minimum absolute atomic E-state index is 0.0705. The number of piperazine rings is 1. The van der Waals surface area contributed by atoms with Crippen LogP contribution in [-0.2, 0) is 9.59 Å². The highest BCUT2D eigenvalue weighted by Crippen LogP contribution is 2.19. The third kappa shape index (κ3) is 6.47. The predicted molar refractivity (Wildman–Crippen MR) is 94.9 cm³/mol. The zero-order chi connectivity index (χ0) is 17.4. The Morgan fingerprint density at radius 3 is 2.54 bits per heavy atom. The second-order valence-corrected chi connectivity index (χ2v) is 6.39. The summed E-state index contributed by atoms with van der Waals surface area (Å²) in [6.07, 6.45) is 0.211. The van der Waals surface area contributed by atoms with Crippen LogP contribution in [-0.4, -0.2) is 56.0 Å². The molecule has 132 valence electrons. The van der Waals surface area contributed by atoms with Crippen molar-refractivity contribution in [1.82, 2.24) is 20.9 Å². The summed E-state index contributed by atoms with van der Waals surface area (Å²) in [5.41, 5.74) is 0.867. The van der Waals surface area contributed by atoms with E-state index in [1.807, 2.05) is 12.1 Å². The first-order chi connectivity index (χ1) is 11.5. The van der Waals surface area contributed by atoms with Gasteiger partial charge in [0.15, 0.2) is 0 Å². The summed E-state index contributed by atoms with van der Waals surface area (Å²) in [6.45, 7) is 6.92. The summed E-state index contributed by atoms with van der Waals surface area (Å²) in [4.78, 5) is 25.9. The van der Waals surface area contributed by atoms with E-state index in [2.05, 4.69) is 20.9 Å². The van der Waals surface area contributed by atoms with Crippen molar-refractivity contribution in [3.63, 3.8) is 0 Å². The van der Waals surface area contributed by atoms with Crippen molar-refractivity contribution in [3.8, 4) is 0 Å². The molecule has 0 spiro atoms. The molecule has 0 bridgehead atoms. The Balaban J connectivity index is 1.82. The summed E-state index contributed by atoms with van der Waals surface area (Å²) in [5, 5.41) is 9.69. The SMILES string of the molecule is CC(=O)NC(CC(=O)NCCN1CCNCC1)c1ccc(Cl)cc1. The van der Waals surface area contributed by atoms with Gasteiger partial charge in [-0.3, -0.25) is 14.5 Å². The van der Waals surface area contributed by atoms with E-state index in [0.717, 1.165) is 38.3 Å². The van der Waals surface area contributed by atoms with E-state index in [1.165, 1.54) is 6.92 Å². The van der Waals surface area contributed by atoms with Gasteiger partial charge in [-0.05, 0) is 17.7 Å². The zero-order valence-corrected chi connectivity index (χ0v) is 14.7. The molecule has 2 amide bonds. The van der Waals surface area contributed by atoms with Gasteiger partial charge in [-0.2, -0.15) is 0 Å². The van der Waals surface area contributed by atoms with Crippen LogP contribution in [0.25, 0.3) is 0 Å². The second kappa shape index (κ2) is 9.61. The highest BCUT2D eigenvalue weighted by Gasteiger charge is 2.17. The minimum Gasteiger partial charge on any atom is -0.355 e. The van der Waals surface area contributed by atoms with Gasteiger partial charge in [-0.15, -0.1) is 0 Å². The van der Waals surface area contributed by atoms with E-state index in [4.69, 9.17) is 11.6 Å². The molecule has 1 aliphatic heterocycles. The Kier molecular flexibility index (Phi) is 7.49. The lowest BCUT2D eigenvalue weighted by Crippen LogP contribution is -2.46. The number of nitrogens with one attached hydrogen (secondary N) is 3. The van der Waals surface area contributed by atoms with Crippen molar-refractivity contribution in [2.45, 2.75) is 19.4 Å². The Bertz CT molecular complexity index is 544. The summed E-state index contributed by atoms with van der Waals surface area (Å²) < 4.78 is 0. The van der Waals surface area contributed by atoms with Crippen LogP contribution in [0.5, 0.6) is 0 Å². The summed E-state index contributed by atoms with van der Waals surface area (Å²) in [7, 11) is 0. The van der Waals surface area contributed by atoms with Gasteiger partial charge in [0.1, 0.15) is 0 Å². The smallest absolute Gasteiger partial charge is 0.222 e. The molecule has 1 aliphatic rings. The fourth-order valence-corrected chi connectivity index (χ4v) is 2.86. The van der Waals surface area contributed by atoms with Crippen molar-refractivity contribution >= 4 is 23.4 Å². The average molecular weight is 353 g/mol. The molecule has 0 radical (unpaired) electrons. The second-order valence-electron chi connectivity index (χ2n) is 5.95. The van der Waals surface area contributed by atoms with Gasteiger partial charge >= 0.3 is 0 Å². The number of nitrogens with zero attached hydrogens (tertiary/aromatic N) is 1. The fourth-order valence-electron chi connectivity index (χ4n) is 2.74. The maximum absolute atomic E-state index is 12.2. The molecule has 3 N–H and O–H groups in total. The molecule has 1 fully saturated rings. The van der Waals surface area contributed by atoms with Crippen LogP contribution >= 0.6 is 11.6 Å². The normalized spacial score (nSPS) is 16.4. The third-order valence-electron chi connectivity index (χ3n) is 4.00. The number of carbonyl (C=O) groups is 2. The zero-order valence-electron chi connectivity index (χ0n) is 14.0. The highest BCUT2D eigenvalue weighted by molar-refractivity contribution is 6.30. The van der Waals surface area contributed by atoms with Gasteiger partial charge in [0, 0.05) is 51.2 Å². The molecule has 24 heavy (non-hydrogen) atoms. The number of halogens is 1. The predicted octanol–water partition coefficient (Wildman–Crippen LogP) is 0.929. The van der Waals surface area contributed by atoms with E-state index in [1.54, 1.807) is 12.1 Å². The molecule has 0 saturated carbocycles. The standard InChI is InChI=1S/C17H25ClN4O2/c1-13(23)21-16(14-2-4-15(18)5-3-14)12-17(24)20-8-11-22-9-6-19-7-10-22/h2-5,16,19H,6-12H2,1H3,(H,20,24)(H,21,23). The van der Waals surface area contributed by atoms with Crippen molar-refractivity contribution in [2.24, 2.45) is 0 Å². The Labute approximate surface area is 147 Å². The van der Waals surface area contributed by atoms with Crippen LogP contribution in [0, 0.1) is 0 Å². The minimum atomic E-state index is -0.348. The number of hydrogen-bond donors (Lipinski definition) is 3. The Hall–Kier alpha value is -1.63. The van der Waals surface area contributed by atoms with Gasteiger partial charge in [0.2, 0.25) is 11.8 Å². The molecule has 1 unspecified atom stereocenters. The van der Waals surface area contributed by atoms with Gasteiger partial charge in [-0.25, -0.2) is 0 Å². The first-order valence-electron chi connectivity index (χ1n) is 8.27. The Morgan fingerprint density at radius 1 is 1.25 bits per heavy atom. The highest BCUT2D eigenvalue weighted by atomic mass is 35.5. The molecule has 1 heterocycles. The average Bonchev–Trinajstić information content (AvgIpc) is 2.55. The number of hydrogen-bond acceptors (Lipinski definition) is 4. The first kappa shape index (κ1) is 18.7. The van der Waals surface area contributed by atoms with Gasteiger partial charge in [0.05, 0.1) is 12.5 Å². The van der Waals surface area contributed by atoms with Crippen LogP contribution in [0.3, 0.4) is 0 Å². The van der Waals surface area contributed by atoms with Gasteiger partial charge < -0.3 is 16.0 Å². The topological polar surface area (TPSA) is 73.5 Å². The largest absolute Gasteiger partial charge is 0.355 e. The molecule has 1 saturated heterocycles. The molecule has 6 nitrogen and oxygen atoms in total. The number of carbonyl (C=O) groups excluding carboxylic acids is 2. The summed E-state index contributed by atoms with van der Waals surface area (Å²) >= 11 is 5.89. The van der Waals surface area contributed by atoms with E-state index in [0.29, 0.717) is 11.6 Å². The van der Waals surface area contributed by atoms with Crippen LogP contribution in [0.1, 0.15) is 24.9 Å². The van der Waals surface area contributed by atoms with Crippen LogP contribution in [0.4, 0.5) is 0 Å². The maximum atomic E-state index is 12.2. The molecule has 1 aromatic rings. The molecule has 1 aromatic carbocycles. The van der Waals surface area contributed by atoms with Crippen LogP contribution in [0.15, 0.2) is 24.3 Å². The van der Waals surface area contributed by atoms with Crippen molar-refractivity contribution in [1.29, 1.82) is 0 Å². The number of amides is 2. The van der Waals surface area contributed by atoms with Crippen molar-refractivity contribution < 1.29 is 9.59 Å². The molecule has 7 heteroatoms. The van der Waals surface area contributed by atoms with Crippen molar-refractivity contribution in [3.05, 3.63) is 34.9 Å². The van der Waals surface area contributed by atoms with E-state index in [9.17, 15) is 9.59 Å². The lowest BCUT2D eigenvalue weighted by molar-refractivity contribution is -0.122. The fraction of sp³-hybridized carbons (Fsp3) is 0.529. The number of benzene rings is 1. The molecular formula is C17H25ClN4O2. The molecular weight excluding hydrogens is 328 g/mol. The molecule has 0 aromatic heterocycles. The molecule has 0 aliphatic carbocycles. The van der Waals surface area contributed by atoms with Crippen LogP contribution in [0.2, 0.25) is 5.02 Å². The molecule has 2 rings (SSSR count). The lowest BCUT2D eigenvalue weighted by atomic mass is 10.0. The third-order valence-corrected chi connectivity index (χ3v) is 4.25. The van der Waals surface area contributed by atoms with Gasteiger partial charge in [0.25, 0.3) is 0 Å². The first-order valence-corrected chi connectivity index (χ1v) is 8.65. The Morgan fingerprint density at radius 2 is 1.92 bits per heavy atom.